The molecule has 1 aromatic carbocycles. The van der Waals surface area contributed by atoms with E-state index in [2.05, 4.69) is 44.5 Å². The largest absolute Gasteiger partial charge is 0.454 e. The molecule has 7 heteroatoms. The van der Waals surface area contributed by atoms with Gasteiger partial charge in [0.1, 0.15) is 5.76 Å². The van der Waals surface area contributed by atoms with Gasteiger partial charge < -0.3 is 19.5 Å². The van der Waals surface area contributed by atoms with Gasteiger partial charge in [-0.3, -0.25) is 9.59 Å². The summed E-state index contributed by atoms with van der Waals surface area (Å²) in [6.45, 7) is 13.4. The standard InChI is InChI=1S/C27H38N2O4Si/c1-16(17-11-9-8-10-12-17)24-21(15-22(32-24)26(31)28-5)25(30)29-23-19-13-18(14-20(19)23)33-34(6,7)27(2,3)4/h8-12,15-16,18-20,23H,13-14H2,1-7H3,(H,28,31)(H,29,30)/t16-,18?,19-,20+,23+/m0/s1. The van der Waals surface area contributed by atoms with Crippen molar-refractivity contribution in [2.75, 3.05) is 7.05 Å². The first-order valence-corrected chi connectivity index (χ1v) is 15.2. The Bertz CT molecular complexity index is 1040. The Balaban J connectivity index is 1.44. The molecule has 184 valence electrons. The summed E-state index contributed by atoms with van der Waals surface area (Å²) in [6, 6.07) is 11.6. The third kappa shape index (κ3) is 4.73. The predicted octanol–water partition coefficient (Wildman–Crippen LogP) is 5.32. The summed E-state index contributed by atoms with van der Waals surface area (Å²) in [6.07, 6.45) is 2.31. The van der Waals surface area contributed by atoms with Gasteiger partial charge >= 0.3 is 0 Å². The van der Waals surface area contributed by atoms with Crippen molar-refractivity contribution in [1.29, 1.82) is 0 Å². The highest BCUT2D eigenvalue weighted by molar-refractivity contribution is 6.74. The topological polar surface area (TPSA) is 80.6 Å². The molecule has 34 heavy (non-hydrogen) atoms. The normalized spacial score (nSPS) is 24.9. The van der Waals surface area contributed by atoms with E-state index in [0.29, 0.717) is 29.3 Å². The smallest absolute Gasteiger partial charge is 0.286 e. The number of furan rings is 1. The molecule has 2 aliphatic rings. The lowest BCUT2D eigenvalue weighted by Gasteiger charge is -2.39. The zero-order valence-corrected chi connectivity index (χ0v) is 22.4. The first kappa shape index (κ1) is 24.7. The van der Waals surface area contributed by atoms with Crippen LogP contribution in [0.25, 0.3) is 0 Å². The fourth-order valence-electron chi connectivity index (χ4n) is 4.96. The number of nitrogens with one attached hydrogen (secondary N) is 2. The maximum atomic E-state index is 13.3. The van der Waals surface area contributed by atoms with Crippen molar-refractivity contribution < 1.29 is 18.4 Å². The van der Waals surface area contributed by atoms with Crippen molar-refractivity contribution in [3.8, 4) is 0 Å². The Hall–Kier alpha value is -2.38. The molecule has 0 spiro atoms. The molecule has 1 aromatic heterocycles. The van der Waals surface area contributed by atoms with Gasteiger partial charge in [-0.25, -0.2) is 0 Å². The van der Waals surface area contributed by atoms with Crippen molar-refractivity contribution in [2.45, 2.75) is 76.7 Å². The van der Waals surface area contributed by atoms with Gasteiger partial charge in [0.2, 0.25) is 0 Å². The molecule has 1 unspecified atom stereocenters. The fourth-order valence-corrected chi connectivity index (χ4v) is 6.34. The maximum Gasteiger partial charge on any atom is 0.286 e. The molecule has 2 N–H and O–H groups in total. The highest BCUT2D eigenvalue weighted by Crippen LogP contribution is 2.54. The lowest BCUT2D eigenvalue weighted by Crippen LogP contribution is -2.44. The first-order chi connectivity index (χ1) is 15.9. The summed E-state index contributed by atoms with van der Waals surface area (Å²) in [5, 5.41) is 6.01. The van der Waals surface area contributed by atoms with Crippen molar-refractivity contribution >= 4 is 20.1 Å². The van der Waals surface area contributed by atoms with Crippen LogP contribution in [-0.2, 0) is 4.43 Å². The minimum atomic E-state index is -1.79. The van der Waals surface area contributed by atoms with Gasteiger partial charge in [0.05, 0.1) is 5.56 Å². The number of rotatable bonds is 7. The summed E-state index contributed by atoms with van der Waals surface area (Å²) in [5.74, 6) is 0.961. The second-order valence-electron chi connectivity index (χ2n) is 11.4. The highest BCUT2D eigenvalue weighted by Gasteiger charge is 2.58. The van der Waals surface area contributed by atoms with Crippen molar-refractivity contribution in [1.82, 2.24) is 10.6 Å². The molecule has 0 aliphatic heterocycles. The predicted molar refractivity (Wildman–Crippen MR) is 136 cm³/mol. The second kappa shape index (κ2) is 9.00. The minimum Gasteiger partial charge on any atom is -0.454 e. The van der Waals surface area contributed by atoms with Crippen molar-refractivity contribution in [3.63, 3.8) is 0 Å². The van der Waals surface area contributed by atoms with Gasteiger partial charge in [0.15, 0.2) is 14.1 Å². The van der Waals surface area contributed by atoms with Crippen LogP contribution >= 0.6 is 0 Å². The van der Waals surface area contributed by atoms with Gasteiger partial charge in [-0.15, -0.1) is 0 Å². The molecule has 2 saturated carbocycles. The zero-order valence-electron chi connectivity index (χ0n) is 21.4. The fraction of sp³-hybridized carbons (Fsp3) is 0.556. The third-order valence-electron chi connectivity index (χ3n) is 8.12. The van der Waals surface area contributed by atoms with E-state index in [0.717, 1.165) is 18.4 Å². The van der Waals surface area contributed by atoms with E-state index in [1.165, 1.54) is 0 Å². The highest BCUT2D eigenvalue weighted by atomic mass is 28.4. The van der Waals surface area contributed by atoms with Crippen LogP contribution < -0.4 is 10.6 Å². The summed E-state index contributed by atoms with van der Waals surface area (Å²) >= 11 is 0. The second-order valence-corrected chi connectivity index (χ2v) is 16.2. The number of fused-ring (bicyclic) bond motifs is 1. The van der Waals surface area contributed by atoms with Crippen molar-refractivity contribution in [3.05, 3.63) is 59.0 Å². The lowest BCUT2D eigenvalue weighted by atomic mass is 9.96. The Morgan fingerprint density at radius 1 is 1.09 bits per heavy atom. The SMILES string of the molecule is CNC(=O)c1cc(C(=O)N[C@H]2[C@@H]3CC(O[Si](C)(C)C(C)(C)C)C[C@@H]32)c([C@@H](C)c2ccccc2)o1. The molecule has 2 fully saturated rings. The quantitative estimate of drug-likeness (QED) is 0.524. The molecule has 2 aromatic rings. The van der Waals surface area contributed by atoms with E-state index in [9.17, 15) is 9.59 Å². The number of benzene rings is 1. The van der Waals surface area contributed by atoms with Gasteiger partial charge in [-0.05, 0) is 48.4 Å². The maximum absolute atomic E-state index is 13.3. The van der Waals surface area contributed by atoms with Crippen LogP contribution in [0.15, 0.2) is 40.8 Å². The minimum absolute atomic E-state index is 0.151. The van der Waals surface area contributed by atoms with Crippen LogP contribution in [0.4, 0.5) is 0 Å². The summed E-state index contributed by atoms with van der Waals surface area (Å²) in [5.41, 5.74) is 1.47. The van der Waals surface area contributed by atoms with Gasteiger partial charge in [0, 0.05) is 31.2 Å². The number of hydrogen-bond donors (Lipinski definition) is 2. The number of carbonyl (C=O) groups excluding carboxylic acids is 2. The first-order valence-electron chi connectivity index (χ1n) is 12.3. The molecule has 0 bridgehead atoms. The average Bonchev–Trinajstić information content (AvgIpc) is 3.14. The average molecular weight is 483 g/mol. The van der Waals surface area contributed by atoms with Gasteiger partial charge in [-0.1, -0.05) is 58.0 Å². The third-order valence-corrected chi connectivity index (χ3v) is 12.7. The molecular formula is C27H38N2O4Si. The molecular weight excluding hydrogens is 444 g/mol. The van der Waals surface area contributed by atoms with Crippen LogP contribution in [0.2, 0.25) is 18.1 Å². The molecule has 6 nitrogen and oxygen atoms in total. The van der Waals surface area contributed by atoms with Gasteiger partial charge in [-0.2, -0.15) is 0 Å². The molecule has 0 saturated heterocycles. The van der Waals surface area contributed by atoms with Crippen LogP contribution in [0.5, 0.6) is 0 Å². The molecule has 2 aliphatic carbocycles. The Morgan fingerprint density at radius 3 is 2.26 bits per heavy atom. The van der Waals surface area contributed by atoms with E-state index in [1.54, 1.807) is 13.1 Å². The van der Waals surface area contributed by atoms with E-state index < -0.39 is 8.32 Å². The molecule has 5 atom stereocenters. The van der Waals surface area contributed by atoms with Crippen molar-refractivity contribution in [2.24, 2.45) is 11.8 Å². The van der Waals surface area contributed by atoms with E-state index in [1.807, 2.05) is 37.3 Å². The Kier molecular flexibility index (Phi) is 6.55. The Morgan fingerprint density at radius 2 is 1.71 bits per heavy atom. The summed E-state index contributed by atoms with van der Waals surface area (Å²) in [4.78, 5) is 25.5. The number of amides is 2. The van der Waals surface area contributed by atoms with Gasteiger partial charge in [0.25, 0.3) is 11.8 Å². The van der Waals surface area contributed by atoms with Crippen LogP contribution in [0.1, 0.15) is 78.7 Å². The van der Waals surface area contributed by atoms with Crippen LogP contribution in [-0.4, -0.2) is 39.3 Å². The van der Waals surface area contributed by atoms with Crippen LogP contribution in [0.3, 0.4) is 0 Å². The lowest BCUT2D eigenvalue weighted by molar-refractivity contribution is 0.0925. The monoisotopic (exact) mass is 482 g/mol. The van der Waals surface area contributed by atoms with E-state index in [4.69, 9.17) is 8.84 Å². The van der Waals surface area contributed by atoms with E-state index >= 15 is 0 Å². The summed E-state index contributed by atoms with van der Waals surface area (Å²) < 4.78 is 12.5. The molecule has 2 amide bonds. The number of carbonyl (C=O) groups is 2. The van der Waals surface area contributed by atoms with Crippen LogP contribution in [0, 0.1) is 11.8 Å². The molecule has 4 rings (SSSR count). The molecule has 0 radical (unpaired) electrons. The van der Waals surface area contributed by atoms with E-state index in [-0.39, 0.29) is 34.6 Å². The molecule has 1 heterocycles. The number of hydrogen-bond acceptors (Lipinski definition) is 4. The zero-order chi connectivity index (χ0) is 24.8. The summed E-state index contributed by atoms with van der Waals surface area (Å²) in [7, 11) is -0.233. The Labute approximate surface area is 204 Å².